The molecular weight excluding hydrogens is 370 g/mol. The largest absolute Gasteiger partial charge is 0.353 e. The number of carbonyl (C=O) groups excluding carboxylic acids is 1. The second-order valence-corrected chi connectivity index (χ2v) is 6.51. The average Bonchev–Trinajstić information content (AvgIpc) is 3.33. The summed E-state index contributed by atoms with van der Waals surface area (Å²) >= 11 is 0. The molecule has 1 unspecified atom stereocenters. The molecule has 0 spiro atoms. The van der Waals surface area contributed by atoms with Gasteiger partial charge in [-0.2, -0.15) is 0 Å². The lowest BCUT2D eigenvalue weighted by atomic mass is 10.2. The number of alkyl halides is 2. The third kappa shape index (κ3) is 3.55. The van der Waals surface area contributed by atoms with E-state index >= 15 is 0 Å². The van der Waals surface area contributed by atoms with Crippen molar-refractivity contribution in [1.29, 1.82) is 5.41 Å². The number of hydrogen-bond acceptors (Lipinski definition) is 6. The summed E-state index contributed by atoms with van der Waals surface area (Å²) in [6, 6.07) is 1.92. The van der Waals surface area contributed by atoms with E-state index in [1.165, 1.54) is 12.4 Å². The highest BCUT2D eigenvalue weighted by atomic mass is 19.3. The van der Waals surface area contributed by atoms with E-state index in [4.69, 9.17) is 5.41 Å². The zero-order valence-corrected chi connectivity index (χ0v) is 14.8. The lowest BCUT2D eigenvalue weighted by Crippen LogP contribution is -2.52. The van der Waals surface area contributed by atoms with Crippen LogP contribution in [0.15, 0.2) is 24.7 Å². The number of amides is 2. The first-order valence-corrected chi connectivity index (χ1v) is 8.73. The molecule has 3 N–H and O–H groups in total. The smallest absolute Gasteiger partial charge is 0.317 e. The number of rotatable bonds is 5. The predicted octanol–water partition coefficient (Wildman–Crippen LogP) is 1.38. The third-order valence-electron chi connectivity index (χ3n) is 4.74. The van der Waals surface area contributed by atoms with Crippen LogP contribution in [-0.4, -0.2) is 75.2 Å². The van der Waals surface area contributed by atoms with Crippen LogP contribution in [0.5, 0.6) is 0 Å². The Morgan fingerprint density at radius 3 is 3.00 bits per heavy atom. The molecule has 11 heteroatoms. The average molecular weight is 388 g/mol. The summed E-state index contributed by atoms with van der Waals surface area (Å²) in [6.07, 6.45) is 2.52. The number of carbonyl (C=O) groups is 1. The van der Waals surface area contributed by atoms with E-state index in [9.17, 15) is 13.6 Å². The Bertz CT molecular complexity index is 927. The standard InChI is InChI=1S/C17H18F2N8O/c18-16(19)11(20)1-2-14-21-7-13(25-14)12-5-15(24-9-23-12)26-3-4-27-10(8-26)6-22-17(27)28/h1-2,5,7,9-10,16,20H,3-4,6,8H2,(H,21,25)(H,22,28)/b2-1-,20-11?. The molecule has 28 heavy (non-hydrogen) atoms. The number of aromatic amines is 1. The monoisotopic (exact) mass is 388 g/mol. The van der Waals surface area contributed by atoms with Gasteiger partial charge in [-0.15, -0.1) is 0 Å². The molecule has 9 nitrogen and oxygen atoms in total. The number of imidazole rings is 1. The van der Waals surface area contributed by atoms with Gasteiger partial charge in [0.2, 0.25) is 0 Å². The summed E-state index contributed by atoms with van der Waals surface area (Å²) in [5.74, 6) is 1.10. The molecule has 146 valence electrons. The van der Waals surface area contributed by atoms with Crippen LogP contribution in [0.2, 0.25) is 0 Å². The van der Waals surface area contributed by atoms with E-state index in [1.54, 1.807) is 6.20 Å². The van der Waals surface area contributed by atoms with Gasteiger partial charge in [0.1, 0.15) is 18.0 Å². The highest BCUT2D eigenvalue weighted by Gasteiger charge is 2.35. The van der Waals surface area contributed by atoms with Crippen LogP contribution < -0.4 is 10.2 Å². The predicted molar refractivity (Wildman–Crippen MR) is 98.5 cm³/mol. The molecule has 2 aromatic heterocycles. The van der Waals surface area contributed by atoms with Gasteiger partial charge in [-0.05, 0) is 12.2 Å². The molecular formula is C17H18F2N8O. The molecule has 0 bridgehead atoms. The van der Waals surface area contributed by atoms with Gasteiger partial charge in [0.05, 0.1) is 29.3 Å². The van der Waals surface area contributed by atoms with Gasteiger partial charge in [0.25, 0.3) is 6.43 Å². The number of urea groups is 1. The van der Waals surface area contributed by atoms with Crippen molar-refractivity contribution in [2.45, 2.75) is 12.5 Å². The maximum absolute atomic E-state index is 12.4. The van der Waals surface area contributed by atoms with E-state index in [0.29, 0.717) is 43.4 Å². The Hall–Kier alpha value is -3.37. The van der Waals surface area contributed by atoms with E-state index < -0.39 is 12.1 Å². The van der Waals surface area contributed by atoms with E-state index in [0.717, 1.165) is 11.9 Å². The van der Waals surface area contributed by atoms with Crippen molar-refractivity contribution in [3.63, 3.8) is 0 Å². The van der Waals surface area contributed by atoms with Crippen LogP contribution in [0.25, 0.3) is 17.5 Å². The second kappa shape index (κ2) is 7.33. The van der Waals surface area contributed by atoms with Gasteiger partial charge < -0.3 is 20.1 Å². The van der Waals surface area contributed by atoms with Crippen LogP contribution in [0.1, 0.15) is 5.82 Å². The Morgan fingerprint density at radius 1 is 1.32 bits per heavy atom. The zero-order chi connectivity index (χ0) is 19.7. The molecule has 2 aliphatic rings. The highest BCUT2D eigenvalue weighted by Crippen LogP contribution is 2.23. The number of nitrogens with one attached hydrogen (secondary N) is 3. The number of H-pyrrole nitrogens is 1. The SMILES string of the molecule is N=C(/C=C\c1ncc(-c2cc(N3CCN4C(=O)NCC4C3)ncn2)[nH]1)C(F)F. The molecule has 4 rings (SSSR count). The molecule has 2 amide bonds. The summed E-state index contributed by atoms with van der Waals surface area (Å²) in [4.78, 5) is 31.3. The van der Waals surface area contributed by atoms with Gasteiger partial charge in [-0.25, -0.2) is 28.5 Å². The highest BCUT2D eigenvalue weighted by molar-refractivity contribution is 5.97. The Balaban J connectivity index is 1.49. The fraction of sp³-hybridized carbons (Fsp3) is 0.353. The maximum atomic E-state index is 12.4. The summed E-state index contributed by atoms with van der Waals surface area (Å²) in [7, 11) is 0. The molecule has 1 atom stereocenters. The van der Waals surface area contributed by atoms with Crippen molar-refractivity contribution >= 4 is 23.6 Å². The minimum Gasteiger partial charge on any atom is -0.353 e. The maximum Gasteiger partial charge on any atom is 0.317 e. The van der Waals surface area contributed by atoms with Crippen molar-refractivity contribution in [3.05, 3.63) is 30.5 Å². The van der Waals surface area contributed by atoms with Crippen LogP contribution in [0.3, 0.4) is 0 Å². The minimum atomic E-state index is -2.82. The number of halogens is 2. The summed E-state index contributed by atoms with van der Waals surface area (Å²) in [6.45, 7) is 2.61. The number of aromatic nitrogens is 4. The van der Waals surface area contributed by atoms with Gasteiger partial charge in [0, 0.05) is 32.2 Å². The fourth-order valence-electron chi connectivity index (χ4n) is 3.27. The van der Waals surface area contributed by atoms with Crippen LogP contribution >= 0.6 is 0 Å². The lowest BCUT2D eigenvalue weighted by Gasteiger charge is -2.37. The summed E-state index contributed by atoms with van der Waals surface area (Å²) in [5.41, 5.74) is 0.452. The second-order valence-electron chi connectivity index (χ2n) is 6.51. The number of anilines is 1. The first-order chi connectivity index (χ1) is 13.5. The van der Waals surface area contributed by atoms with E-state index in [1.807, 2.05) is 11.0 Å². The topological polar surface area (TPSA) is 114 Å². The van der Waals surface area contributed by atoms with Crippen molar-refractivity contribution < 1.29 is 13.6 Å². The molecule has 2 fully saturated rings. The van der Waals surface area contributed by atoms with Crippen LogP contribution in [0, 0.1) is 5.41 Å². The Kier molecular flexibility index (Phi) is 4.72. The van der Waals surface area contributed by atoms with E-state index in [-0.39, 0.29) is 12.1 Å². The number of hydrogen-bond donors (Lipinski definition) is 3. The van der Waals surface area contributed by atoms with Gasteiger partial charge >= 0.3 is 6.03 Å². The molecule has 0 radical (unpaired) electrons. The third-order valence-corrected chi connectivity index (χ3v) is 4.74. The Morgan fingerprint density at radius 2 is 2.18 bits per heavy atom. The van der Waals surface area contributed by atoms with E-state index in [2.05, 4.69) is 30.2 Å². The molecule has 2 aromatic rings. The van der Waals surface area contributed by atoms with Crippen molar-refractivity contribution in [1.82, 2.24) is 30.2 Å². The molecule has 0 saturated carbocycles. The van der Waals surface area contributed by atoms with Crippen molar-refractivity contribution in [2.24, 2.45) is 0 Å². The van der Waals surface area contributed by atoms with Gasteiger partial charge in [-0.3, -0.25) is 5.41 Å². The number of piperazine rings is 1. The Labute approximate surface area is 159 Å². The quantitative estimate of drug-likeness (QED) is 0.670. The number of fused-ring (bicyclic) bond motifs is 1. The molecule has 2 aliphatic heterocycles. The molecule has 2 saturated heterocycles. The van der Waals surface area contributed by atoms with Gasteiger partial charge in [-0.1, -0.05) is 0 Å². The number of allylic oxidation sites excluding steroid dienone is 1. The first kappa shape index (κ1) is 18.0. The molecule has 0 aromatic carbocycles. The molecule has 4 heterocycles. The summed E-state index contributed by atoms with van der Waals surface area (Å²) < 4.78 is 24.7. The zero-order valence-electron chi connectivity index (χ0n) is 14.8. The minimum absolute atomic E-state index is 0.0222. The molecule has 0 aliphatic carbocycles. The van der Waals surface area contributed by atoms with Crippen LogP contribution in [-0.2, 0) is 0 Å². The van der Waals surface area contributed by atoms with Crippen molar-refractivity contribution in [2.75, 3.05) is 31.1 Å². The number of nitrogens with zero attached hydrogens (tertiary/aromatic N) is 5. The summed E-state index contributed by atoms with van der Waals surface area (Å²) in [5, 5.41) is 9.98. The first-order valence-electron chi connectivity index (χ1n) is 8.73. The fourth-order valence-corrected chi connectivity index (χ4v) is 3.27. The van der Waals surface area contributed by atoms with Crippen molar-refractivity contribution in [3.8, 4) is 11.4 Å². The van der Waals surface area contributed by atoms with Crippen LogP contribution in [0.4, 0.5) is 19.4 Å². The van der Waals surface area contributed by atoms with Gasteiger partial charge in [0.15, 0.2) is 0 Å². The lowest BCUT2D eigenvalue weighted by molar-refractivity contribution is 0.197. The normalized spacial score (nSPS) is 19.4.